The molecule has 0 aliphatic heterocycles. The number of nitro groups is 1. The van der Waals surface area contributed by atoms with Gasteiger partial charge in [0.1, 0.15) is 5.02 Å². The second kappa shape index (κ2) is 4.91. The van der Waals surface area contributed by atoms with Crippen molar-refractivity contribution in [3.05, 3.63) is 45.5 Å². The maximum Gasteiger partial charge on any atom is 0.287 e. The summed E-state index contributed by atoms with van der Waals surface area (Å²) in [5.41, 5.74) is 6.90. The van der Waals surface area contributed by atoms with Crippen molar-refractivity contribution in [3.8, 4) is 0 Å². The first kappa shape index (κ1) is 11.7. The minimum Gasteiger partial charge on any atom is -0.330 e. The van der Waals surface area contributed by atoms with Crippen molar-refractivity contribution in [1.29, 1.82) is 0 Å². The van der Waals surface area contributed by atoms with Crippen LogP contribution in [0.4, 0.5) is 5.69 Å². The number of benzene rings is 1. The molecule has 0 heterocycles. The molecule has 15 heavy (non-hydrogen) atoms. The van der Waals surface area contributed by atoms with Gasteiger partial charge in [-0.3, -0.25) is 10.1 Å². The van der Waals surface area contributed by atoms with E-state index < -0.39 is 4.92 Å². The zero-order valence-corrected chi connectivity index (χ0v) is 8.83. The molecular formula is C10H11ClN2O2. The van der Waals surface area contributed by atoms with E-state index in [2.05, 4.69) is 6.58 Å². The first-order valence-electron chi connectivity index (χ1n) is 4.38. The van der Waals surface area contributed by atoms with Crippen LogP contribution in [0, 0.1) is 10.1 Å². The topological polar surface area (TPSA) is 69.2 Å². The molecule has 0 aliphatic carbocycles. The van der Waals surface area contributed by atoms with E-state index in [0.29, 0.717) is 13.0 Å². The fourth-order valence-corrected chi connectivity index (χ4v) is 1.44. The zero-order valence-electron chi connectivity index (χ0n) is 8.07. The molecule has 0 saturated heterocycles. The molecular weight excluding hydrogens is 216 g/mol. The minimum atomic E-state index is -0.516. The van der Waals surface area contributed by atoms with E-state index in [9.17, 15) is 10.1 Å². The van der Waals surface area contributed by atoms with Gasteiger partial charge < -0.3 is 5.73 Å². The predicted octanol–water partition coefficient (Wildman–Crippen LogP) is 2.61. The lowest BCUT2D eigenvalue weighted by Crippen LogP contribution is -1.99. The SMILES string of the molecule is C=C(CCN)c1ccc([N+](=O)[O-])c(Cl)c1. The molecule has 1 aromatic carbocycles. The van der Waals surface area contributed by atoms with E-state index in [1.54, 1.807) is 6.07 Å². The lowest BCUT2D eigenvalue weighted by molar-refractivity contribution is -0.384. The third-order valence-corrected chi connectivity index (χ3v) is 2.30. The smallest absolute Gasteiger partial charge is 0.287 e. The molecule has 80 valence electrons. The van der Waals surface area contributed by atoms with Gasteiger partial charge in [-0.05, 0) is 36.2 Å². The average molecular weight is 227 g/mol. The molecule has 1 rings (SSSR count). The van der Waals surface area contributed by atoms with Crippen LogP contribution < -0.4 is 5.73 Å². The largest absolute Gasteiger partial charge is 0.330 e. The summed E-state index contributed by atoms with van der Waals surface area (Å²) in [6.07, 6.45) is 0.647. The molecule has 0 aliphatic rings. The number of hydrogen-bond donors (Lipinski definition) is 1. The standard InChI is InChI=1S/C10H11ClN2O2/c1-7(4-5-12)8-2-3-10(13(14)15)9(11)6-8/h2-3,6H,1,4-5,12H2. The van der Waals surface area contributed by atoms with Crippen molar-refractivity contribution in [2.45, 2.75) is 6.42 Å². The molecule has 1 aromatic rings. The average Bonchev–Trinajstić information content (AvgIpc) is 2.17. The Hall–Kier alpha value is -1.39. The van der Waals surface area contributed by atoms with E-state index in [0.717, 1.165) is 11.1 Å². The van der Waals surface area contributed by atoms with Gasteiger partial charge in [-0.1, -0.05) is 18.2 Å². The number of halogens is 1. The van der Waals surface area contributed by atoms with E-state index in [1.165, 1.54) is 12.1 Å². The molecule has 5 heteroatoms. The predicted molar refractivity (Wildman–Crippen MR) is 60.8 cm³/mol. The molecule has 0 atom stereocenters. The van der Waals surface area contributed by atoms with Gasteiger partial charge in [-0.15, -0.1) is 0 Å². The van der Waals surface area contributed by atoms with Crippen molar-refractivity contribution >= 4 is 22.9 Å². The Bertz CT molecular complexity index is 404. The second-order valence-corrected chi connectivity index (χ2v) is 3.47. The molecule has 0 fully saturated rings. The van der Waals surface area contributed by atoms with Crippen LogP contribution in [0.15, 0.2) is 24.8 Å². The summed E-state index contributed by atoms with van der Waals surface area (Å²) < 4.78 is 0. The second-order valence-electron chi connectivity index (χ2n) is 3.07. The number of rotatable bonds is 4. The van der Waals surface area contributed by atoms with Crippen molar-refractivity contribution in [2.24, 2.45) is 5.73 Å². The Labute approximate surface area is 92.5 Å². The van der Waals surface area contributed by atoms with Crippen LogP contribution in [0.25, 0.3) is 5.57 Å². The molecule has 0 spiro atoms. The molecule has 0 aromatic heterocycles. The highest BCUT2D eigenvalue weighted by atomic mass is 35.5. The highest BCUT2D eigenvalue weighted by Crippen LogP contribution is 2.28. The van der Waals surface area contributed by atoms with Crippen LogP contribution in [-0.4, -0.2) is 11.5 Å². The van der Waals surface area contributed by atoms with Gasteiger partial charge in [0.25, 0.3) is 5.69 Å². The third-order valence-electron chi connectivity index (χ3n) is 2.00. The first-order valence-corrected chi connectivity index (χ1v) is 4.76. The number of hydrogen-bond acceptors (Lipinski definition) is 3. The summed E-state index contributed by atoms with van der Waals surface area (Å²) in [4.78, 5) is 9.99. The normalized spacial score (nSPS) is 10.0. The van der Waals surface area contributed by atoms with Gasteiger partial charge in [0.2, 0.25) is 0 Å². The minimum absolute atomic E-state index is 0.0963. The highest BCUT2D eigenvalue weighted by Gasteiger charge is 2.12. The van der Waals surface area contributed by atoms with Gasteiger partial charge in [0, 0.05) is 6.07 Å². The van der Waals surface area contributed by atoms with Crippen LogP contribution in [0.1, 0.15) is 12.0 Å². The highest BCUT2D eigenvalue weighted by molar-refractivity contribution is 6.32. The van der Waals surface area contributed by atoms with Crippen LogP contribution in [-0.2, 0) is 0 Å². The number of nitrogens with two attached hydrogens (primary N) is 1. The Morgan fingerprint density at radius 2 is 2.27 bits per heavy atom. The van der Waals surface area contributed by atoms with Crippen molar-refractivity contribution in [2.75, 3.05) is 6.54 Å². The summed E-state index contributed by atoms with van der Waals surface area (Å²) >= 11 is 5.75. The molecule has 2 N–H and O–H groups in total. The Balaban J connectivity index is 3.01. The molecule has 0 unspecified atom stereocenters. The monoisotopic (exact) mass is 226 g/mol. The fraction of sp³-hybridized carbons (Fsp3) is 0.200. The summed E-state index contributed by atoms with van der Waals surface area (Å²) in [6.45, 7) is 4.32. The zero-order chi connectivity index (χ0) is 11.4. The quantitative estimate of drug-likeness (QED) is 0.634. The van der Waals surface area contributed by atoms with Crippen molar-refractivity contribution in [3.63, 3.8) is 0 Å². The summed E-state index contributed by atoms with van der Waals surface area (Å²) in [7, 11) is 0. The summed E-state index contributed by atoms with van der Waals surface area (Å²) in [5, 5.41) is 10.6. The van der Waals surface area contributed by atoms with Gasteiger partial charge in [0.05, 0.1) is 4.92 Å². The lowest BCUT2D eigenvalue weighted by atomic mass is 10.0. The van der Waals surface area contributed by atoms with E-state index >= 15 is 0 Å². The number of nitrogens with zero attached hydrogens (tertiary/aromatic N) is 1. The summed E-state index contributed by atoms with van der Waals surface area (Å²) in [5.74, 6) is 0. The Morgan fingerprint density at radius 1 is 1.60 bits per heavy atom. The van der Waals surface area contributed by atoms with Gasteiger partial charge in [-0.2, -0.15) is 0 Å². The lowest BCUT2D eigenvalue weighted by Gasteiger charge is -2.04. The van der Waals surface area contributed by atoms with Crippen LogP contribution in [0.2, 0.25) is 5.02 Å². The summed E-state index contributed by atoms with van der Waals surface area (Å²) in [6, 6.07) is 4.54. The van der Waals surface area contributed by atoms with Crippen molar-refractivity contribution < 1.29 is 4.92 Å². The maximum absolute atomic E-state index is 10.5. The van der Waals surface area contributed by atoms with Crippen LogP contribution >= 0.6 is 11.6 Å². The Kier molecular flexibility index (Phi) is 3.82. The van der Waals surface area contributed by atoms with E-state index in [-0.39, 0.29) is 10.7 Å². The van der Waals surface area contributed by atoms with Crippen LogP contribution in [0.3, 0.4) is 0 Å². The molecule has 4 nitrogen and oxygen atoms in total. The maximum atomic E-state index is 10.5. The molecule has 0 bridgehead atoms. The first-order chi connectivity index (χ1) is 7.06. The molecule has 0 radical (unpaired) electrons. The Morgan fingerprint density at radius 3 is 2.73 bits per heavy atom. The van der Waals surface area contributed by atoms with Gasteiger partial charge in [0.15, 0.2) is 0 Å². The van der Waals surface area contributed by atoms with E-state index in [4.69, 9.17) is 17.3 Å². The number of nitro benzene ring substituents is 1. The molecule has 0 amide bonds. The fourth-order valence-electron chi connectivity index (χ4n) is 1.19. The van der Waals surface area contributed by atoms with Crippen LogP contribution in [0.5, 0.6) is 0 Å². The van der Waals surface area contributed by atoms with Crippen molar-refractivity contribution in [1.82, 2.24) is 0 Å². The molecule has 0 saturated carbocycles. The van der Waals surface area contributed by atoms with Gasteiger partial charge in [-0.25, -0.2) is 0 Å². The third kappa shape index (κ3) is 2.78. The van der Waals surface area contributed by atoms with Gasteiger partial charge >= 0.3 is 0 Å². The van der Waals surface area contributed by atoms with E-state index in [1.807, 2.05) is 0 Å².